The van der Waals surface area contributed by atoms with Gasteiger partial charge in [0.2, 0.25) is 0 Å². The van der Waals surface area contributed by atoms with Crippen molar-refractivity contribution in [2.45, 2.75) is 6.04 Å². The Balaban J connectivity index is 2.40. The van der Waals surface area contributed by atoms with Crippen LogP contribution in [0.25, 0.3) is 0 Å². The largest absolute Gasteiger partial charge is 0.479 e. The van der Waals surface area contributed by atoms with Gasteiger partial charge in [0.15, 0.2) is 6.04 Å². The average Bonchev–Trinajstić information content (AvgIpc) is 2.55. The molecule has 2 aromatic carbocycles. The van der Waals surface area contributed by atoms with Crippen molar-refractivity contribution in [3.63, 3.8) is 0 Å². The molecule has 0 heterocycles. The molecule has 9 heteroatoms. The van der Waals surface area contributed by atoms with Gasteiger partial charge in [-0.3, -0.25) is 25.2 Å². The number of nitro benzene ring substituents is 2. The van der Waals surface area contributed by atoms with E-state index in [-0.39, 0.29) is 5.56 Å². The van der Waals surface area contributed by atoms with Crippen molar-refractivity contribution in [2.75, 3.05) is 0 Å². The second-order valence-electron chi connectivity index (χ2n) is 4.73. The van der Waals surface area contributed by atoms with Crippen LogP contribution >= 0.6 is 0 Å². The summed E-state index contributed by atoms with van der Waals surface area (Å²) in [6, 6.07) is 9.94. The third kappa shape index (κ3) is 3.97. The fourth-order valence-electron chi connectivity index (χ4n) is 1.99. The second kappa shape index (κ2) is 7.09. The predicted molar refractivity (Wildman–Crippen MR) is 84.2 cm³/mol. The Morgan fingerprint density at radius 3 is 2.04 bits per heavy atom. The number of nitrogens with zero attached hydrogens (tertiary/aromatic N) is 3. The number of aliphatic imine (C=N–C) groups is 1. The van der Waals surface area contributed by atoms with Crippen LogP contribution in [0.4, 0.5) is 11.4 Å². The van der Waals surface area contributed by atoms with Gasteiger partial charge in [-0.25, -0.2) is 4.79 Å². The second-order valence-corrected chi connectivity index (χ2v) is 4.73. The predicted octanol–water partition coefficient (Wildman–Crippen LogP) is 2.75. The van der Waals surface area contributed by atoms with Crippen LogP contribution in [0.2, 0.25) is 0 Å². The molecule has 0 unspecified atom stereocenters. The van der Waals surface area contributed by atoms with Crippen molar-refractivity contribution in [3.05, 3.63) is 79.9 Å². The van der Waals surface area contributed by atoms with E-state index >= 15 is 0 Å². The Bertz CT molecular complexity index is 787. The van der Waals surface area contributed by atoms with E-state index in [0.717, 1.165) is 24.4 Å². The zero-order valence-electron chi connectivity index (χ0n) is 12.1. The first-order valence-corrected chi connectivity index (χ1v) is 6.63. The van der Waals surface area contributed by atoms with Crippen LogP contribution in [0.15, 0.2) is 53.5 Å². The van der Waals surface area contributed by atoms with Crippen LogP contribution in [-0.4, -0.2) is 27.1 Å². The van der Waals surface area contributed by atoms with E-state index in [0.29, 0.717) is 5.56 Å². The molecule has 0 saturated heterocycles. The highest BCUT2D eigenvalue weighted by atomic mass is 16.6. The Hall–Kier alpha value is -3.62. The van der Waals surface area contributed by atoms with Crippen LogP contribution in [0, 0.1) is 20.2 Å². The van der Waals surface area contributed by atoms with Gasteiger partial charge in [0.25, 0.3) is 11.4 Å². The maximum Gasteiger partial charge on any atom is 0.333 e. The molecule has 122 valence electrons. The molecule has 24 heavy (non-hydrogen) atoms. The van der Waals surface area contributed by atoms with E-state index in [1.807, 2.05) is 0 Å². The summed E-state index contributed by atoms with van der Waals surface area (Å²) < 4.78 is 0. The summed E-state index contributed by atoms with van der Waals surface area (Å²) in [6.07, 6.45) is 1.08. The maximum atomic E-state index is 11.3. The number of rotatable bonds is 6. The van der Waals surface area contributed by atoms with Crippen molar-refractivity contribution in [1.29, 1.82) is 0 Å². The minimum Gasteiger partial charge on any atom is -0.479 e. The Morgan fingerprint density at radius 2 is 1.58 bits per heavy atom. The van der Waals surface area contributed by atoms with Crippen LogP contribution in [-0.2, 0) is 4.79 Å². The van der Waals surface area contributed by atoms with Crippen molar-refractivity contribution in [1.82, 2.24) is 0 Å². The lowest BCUT2D eigenvalue weighted by Crippen LogP contribution is -2.09. The highest BCUT2D eigenvalue weighted by Crippen LogP contribution is 2.23. The van der Waals surface area contributed by atoms with Gasteiger partial charge < -0.3 is 5.11 Å². The third-order valence-electron chi connectivity index (χ3n) is 3.07. The summed E-state index contributed by atoms with van der Waals surface area (Å²) >= 11 is 0. The van der Waals surface area contributed by atoms with Gasteiger partial charge in [0.05, 0.1) is 15.9 Å². The molecule has 0 bridgehead atoms. The number of benzene rings is 2. The van der Waals surface area contributed by atoms with E-state index in [1.54, 1.807) is 30.3 Å². The number of carboxylic acid groups (broad SMARTS) is 1. The lowest BCUT2D eigenvalue weighted by Gasteiger charge is -2.07. The van der Waals surface area contributed by atoms with Gasteiger partial charge in [0.1, 0.15) is 0 Å². The molecule has 0 amide bonds. The summed E-state index contributed by atoms with van der Waals surface area (Å²) in [5.74, 6) is -1.21. The molecule has 0 saturated carbocycles. The van der Waals surface area contributed by atoms with Crippen molar-refractivity contribution >= 4 is 23.6 Å². The molecule has 0 fully saturated rings. The zero-order chi connectivity index (χ0) is 17.7. The van der Waals surface area contributed by atoms with Crippen molar-refractivity contribution in [3.8, 4) is 0 Å². The minimum absolute atomic E-state index is 0.0677. The molecular formula is C15H11N3O6. The number of carboxylic acids is 1. The Morgan fingerprint density at radius 1 is 1.04 bits per heavy atom. The van der Waals surface area contributed by atoms with Crippen LogP contribution < -0.4 is 0 Å². The van der Waals surface area contributed by atoms with Gasteiger partial charge in [-0.1, -0.05) is 30.3 Å². The van der Waals surface area contributed by atoms with Crippen LogP contribution in [0.3, 0.4) is 0 Å². The molecule has 0 aliphatic carbocycles. The quantitative estimate of drug-likeness (QED) is 0.491. The van der Waals surface area contributed by atoms with Gasteiger partial charge in [0, 0.05) is 23.9 Å². The molecule has 0 aliphatic rings. The van der Waals surface area contributed by atoms with Gasteiger partial charge in [-0.05, 0) is 5.56 Å². The number of aliphatic carboxylic acids is 1. The summed E-state index contributed by atoms with van der Waals surface area (Å²) in [5.41, 5.74) is -0.464. The zero-order valence-corrected chi connectivity index (χ0v) is 12.1. The van der Waals surface area contributed by atoms with Gasteiger partial charge in [-0.15, -0.1) is 0 Å². The Kier molecular flexibility index (Phi) is 4.95. The normalized spacial score (nSPS) is 12.0. The van der Waals surface area contributed by atoms with E-state index in [2.05, 4.69) is 4.99 Å². The molecule has 0 aliphatic heterocycles. The minimum atomic E-state index is -1.22. The summed E-state index contributed by atoms with van der Waals surface area (Å²) in [7, 11) is 0. The summed E-state index contributed by atoms with van der Waals surface area (Å²) in [4.78, 5) is 35.4. The fourth-order valence-corrected chi connectivity index (χ4v) is 1.99. The highest BCUT2D eigenvalue weighted by molar-refractivity contribution is 5.85. The van der Waals surface area contributed by atoms with E-state index in [1.165, 1.54) is 0 Å². The average molecular weight is 329 g/mol. The van der Waals surface area contributed by atoms with E-state index in [9.17, 15) is 30.1 Å². The molecule has 2 aromatic rings. The van der Waals surface area contributed by atoms with Gasteiger partial charge in [-0.2, -0.15) is 0 Å². The number of hydrogen-bond donors (Lipinski definition) is 1. The Labute approximate surface area is 135 Å². The molecule has 0 aromatic heterocycles. The number of non-ortho nitro benzene ring substituents is 2. The topological polar surface area (TPSA) is 136 Å². The standard InChI is InChI=1S/C15H11N3O6/c19-15(20)14(11-4-2-1-3-5-11)16-9-10-6-12(17(21)22)8-13(7-10)18(23)24/h1-9,14H,(H,19,20)/t14-/m0/s1. The third-order valence-corrected chi connectivity index (χ3v) is 3.07. The SMILES string of the molecule is O=C(O)[C@@H](N=Cc1cc([N+](=O)[O-])cc([N+](=O)[O-])c1)c1ccccc1. The molecule has 0 spiro atoms. The number of carbonyl (C=O) groups is 1. The van der Waals surface area contributed by atoms with Crippen molar-refractivity contribution < 1.29 is 19.7 Å². The van der Waals surface area contributed by atoms with Gasteiger partial charge >= 0.3 is 5.97 Å². The molecule has 1 atom stereocenters. The lowest BCUT2D eigenvalue weighted by atomic mass is 10.1. The first-order chi connectivity index (χ1) is 11.4. The summed E-state index contributed by atoms with van der Waals surface area (Å²) in [5, 5.41) is 30.9. The van der Waals surface area contributed by atoms with Crippen molar-refractivity contribution in [2.24, 2.45) is 4.99 Å². The fraction of sp³-hybridized carbons (Fsp3) is 0.0667. The van der Waals surface area contributed by atoms with E-state index < -0.39 is 33.2 Å². The molecular weight excluding hydrogens is 318 g/mol. The molecule has 0 radical (unpaired) electrons. The van der Waals surface area contributed by atoms with Crippen LogP contribution in [0.1, 0.15) is 17.2 Å². The molecule has 9 nitrogen and oxygen atoms in total. The number of hydrogen-bond acceptors (Lipinski definition) is 6. The maximum absolute atomic E-state index is 11.3. The smallest absolute Gasteiger partial charge is 0.333 e. The first kappa shape index (κ1) is 16.7. The first-order valence-electron chi connectivity index (χ1n) is 6.63. The monoisotopic (exact) mass is 329 g/mol. The highest BCUT2D eigenvalue weighted by Gasteiger charge is 2.19. The molecule has 1 N–H and O–H groups in total. The van der Waals surface area contributed by atoms with Crippen LogP contribution in [0.5, 0.6) is 0 Å². The van der Waals surface area contributed by atoms with E-state index in [4.69, 9.17) is 0 Å². The molecule has 2 rings (SSSR count). The number of nitro groups is 2. The summed E-state index contributed by atoms with van der Waals surface area (Å²) in [6.45, 7) is 0. The lowest BCUT2D eigenvalue weighted by molar-refractivity contribution is -0.394.